The molecular formula is C33H58N4O4. The van der Waals surface area contributed by atoms with E-state index < -0.39 is 0 Å². The highest BCUT2D eigenvalue weighted by atomic mass is 16.6. The van der Waals surface area contributed by atoms with Gasteiger partial charge in [0.15, 0.2) is 0 Å². The number of piperidine rings is 3. The summed E-state index contributed by atoms with van der Waals surface area (Å²) in [6.45, 7) is 17.1. The Labute approximate surface area is 249 Å². The zero-order chi connectivity index (χ0) is 29.0. The fraction of sp³-hybridized carbons (Fsp3) is 0.939. The van der Waals surface area contributed by atoms with Gasteiger partial charge in [-0.05, 0) is 77.2 Å². The van der Waals surface area contributed by atoms with E-state index in [1.165, 1.54) is 12.8 Å². The molecule has 0 aromatic carbocycles. The van der Waals surface area contributed by atoms with E-state index in [2.05, 4.69) is 42.8 Å². The zero-order valence-corrected chi connectivity index (χ0v) is 26.5. The molecule has 41 heavy (non-hydrogen) atoms. The molecule has 1 spiro atoms. The number of unbranched alkanes of at least 4 members (excludes halogenated alkanes) is 1. The molecule has 4 atom stereocenters. The van der Waals surface area contributed by atoms with Crippen molar-refractivity contribution in [1.29, 1.82) is 0 Å². The average Bonchev–Trinajstić information content (AvgIpc) is 2.97. The maximum absolute atomic E-state index is 13.5. The van der Waals surface area contributed by atoms with E-state index in [9.17, 15) is 9.59 Å². The minimum atomic E-state index is -0.314. The predicted octanol–water partition coefficient (Wildman–Crippen LogP) is 4.91. The molecule has 5 fully saturated rings. The highest BCUT2D eigenvalue weighted by Gasteiger charge is 2.51. The van der Waals surface area contributed by atoms with Crippen molar-refractivity contribution in [3.8, 4) is 0 Å². The second-order valence-electron chi connectivity index (χ2n) is 14.4. The SMILES string of the molecule is CCCCC1CN(CCC2CCOCC2)C(=O)OC12CCN(C1(C)CCN(C(=O)C3C(C)CCNC3C)CC1)CC2. The summed E-state index contributed by atoms with van der Waals surface area (Å²) in [4.78, 5) is 33.6. The third-order valence-corrected chi connectivity index (χ3v) is 11.8. The summed E-state index contributed by atoms with van der Waals surface area (Å²) >= 11 is 0. The third-order valence-electron chi connectivity index (χ3n) is 11.8. The van der Waals surface area contributed by atoms with Crippen LogP contribution in [0.15, 0.2) is 0 Å². The van der Waals surface area contributed by atoms with Gasteiger partial charge in [-0.3, -0.25) is 9.69 Å². The normalized spacial score (nSPS) is 33.1. The average molecular weight is 575 g/mol. The lowest BCUT2D eigenvalue weighted by Gasteiger charge is -2.55. The maximum atomic E-state index is 13.5. The topological polar surface area (TPSA) is 74.3 Å². The van der Waals surface area contributed by atoms with Gasteiger partial charge >= 0.3 is 6.09 Å². The van der Waals surface area contributed by atoms with Crippen molar-refractivity contribution in [2.45, 2.75) is 116 Å². The number of amides is 2. The van der Waals surface area contributed by atoms with Gasteiger partial charge in [-0.2, -0.15) is 0 Å². The molecule has 0 saturated carbocycles. The number of rotatable bonds is 8. The molecule has 2 amide bonds. The minimum Gasteiger partial charge on any atom is -0.442 e. The van der Waals surface area contributed by atoms with Crippen LogP contribution in [-0.2, 0) is 14.3 Å². The molecule has 8 heteroatoms. The Morgan fingerprint density at radius 1 is 1.00 bits per heavy atom. The molecule has 4 unspecified atom stereocenters. The zero-order valence-electron chi connectivity index (χ0n) is 26.5. The Kier molecular flexibility index (Phi) is 10.2. The van der Waals surface area contributed by atoms with E-state index in [1.54, 1.807) is 0 Å². The fourth-order valence-corrected chi connectivity index (χ4v) is 8.66. The van der Waals surface area contributed by atoms with Gasteiger partial charge in [-0.25, -0.2) is 4.79 Å². The van der Waals surface area contributed by atoms with Crippen LogP contribution >= 0.6 is 0 Å². The van der Waals surface area contributed by atoms with Gasteiger partial charge in [0, 0.05) is 82.8 Å². The standard InChI is InChI=1S/C33H58N4O4/c1-5-6-7-28-24-36(17-9-27-10-22-40-23-11-27)31(39)41-33(28)14-20-37(21-15-33)32(4)12-18-35(19-13-32)30(38)29-25(2)8-16-34-26(29)3/h25-29,34H,5-24H2,1-4H3. The number of hydrogen-bond donors (Lipinski definition) is 1. The largest absolute Gasteiger partial charge is 0.442 e. The summed E-state index contributed by atoms with van der Waals surface area (Å²) < 4.78 is 12.0. The Morgan fingerprint density at radius 2 is 1.71 bits per heavy atom. The van der Waals surface area contributed by atoms with Crippen molar-refractivity contribution in [3.05, 3.63) is 0 Å². The first kappa shape index (κ1) is 31.1. The lowest BCUT2D eigenvalue weighted by molar-refractivity contribution is -0.145. The second kappa shape index (κ2) is 13.5. The molecule has 5 heterocycles. The fourth-order valence-electron chi connectivity index (χ4n) is 8.66. The molecule has 5 aliphatic heterocycles. The summed E-state index contributed by atoms with van der Waals surface area (Å²) in [7, 11) is 0. The lowest BCUT2D eigenvalue weighted by atomic mass is 9.74. The van der Waals surface area contributed by atoms with Gasteiger partial charge in [0.1, 0.15) is 5.60 Å². The number of ether oxygens (including phenoxy) is 2. The summed E-state index contributed by atoms with van der Waals surface area (Å²) in [5.41, 5.74) is -0.209. The highest BCUT2D eigenvalue weighted by molar-refractivity contribution is 5.80. The molecular weight excluding hydrogens is 516 g/mol. The van der Waals surface area contributed by atoms with Crippen LogP contribution in [0.2, 0.25) is 0 Å². The van der Waals surface area contributed by atoms with Crippen LogP contribution in [0, 0.1) is 23.7 Å². The van der Waals surface area contributed by atoms with Gasteiger partial charge < -0.3 is 24.6 Å². The maximum Gasteiger partial charge on any atom is 0.410 e. The number of carbonyl (C=O) groups is 2. The van der Waals surface area contributed by atoms with E-state index in [0.717, 1.165) is 117 Å². The van der Waals surface area contributed by atoms with Crippen LogP contribution < -0.4 is 5.32 Å². The van der Waals surface area contributed by atoms with Crippen molar-refractivity contribution >= 4 is 12.0 Å². The van der Waals surface area contributed by atoms with Crippen molar-refractivity contribution in [2.24, 2.45) is 23.7 Å². The number of nitrogens with zero attached hydrogens (tertiary/aromatic N) is 3. The van der Waals surface area contributed by atoms with Crippen LogP contribution in [0.25, 0.3) is 0 Å². The molecule has 8 nitrogen and oxygen atoms in total. The summed E-state index contributed by atoms with van der Waals surface area (Å²) in [6.07, 6.45) is 11.7. The molecule has 5 rings (SSSR count). The van der Waals surface area contributed by atoms with E-state index in [4.69, 9.17) is 9.47 Å². The van der Waals surface area contributed by atoms with E-state index in [1.807, 2.05) is 4.90 Å². The van der Waals surface area contributed by atoms with Crippen molar-refractivity contribution in [1.82, 2.24) is 20.0 Å². The summed E-state index contributed by atoms with van der Waals surface area (Å²) in [5.74, 6) is 1.98. The smallest absolute Gasteiger partial charge is 0.410 e. The second-order valence-corrected chi connectivity index (χ2v) is 14.4. The molecule has 5 aliphatic rings. The number of likely N-dealkylation sites (tertiary alicyclic amines) is 2. The predicted molar refractivity (Wildman–Crippen MR) is 162 cm³/mol. The molecule has 0 aromatic heterocycles. The number of hydrogen-bond acceptors (Lipinski definition) is 6. The Morgan fingerprint density at radius 3 is 2.37 bits per heavy atom. The first-order valence-electron chi connectivity index (χ1n) is 17.1. The van der Waals surface area contributed by atoms with Crippen molar-refractivity contribution in [3.63, 3.8) is 0 Å². The summed E-state index contributed by atoms with van der Waals surface area (Å²) in [6, 6.07) is 0.259. The van der Waals surface area contributed by atoms with Gasteiger partial charge in [0.2, 0.25) is 5.91 Å². The molecule has 1 N–H and O–H groups in total. The van der Waals surface area contributed by atoms with Gasteiger partial charge in [-0.1, -0.05) is 26.7 Å². The van der Waals surface area contributed by atoms with Crippen LogP contribution in [0.3, 0.4) is 0 Å². The van der Waals surface area contributed by atoms with Crippen LogP contribution in [-0.4, -0.2) is 103 Å². The van der Waals surface area contributed by atoms with Crippen molar-refractivity contribution < 1.29 is 19.1 Å². The molecule has 0 aliphatic carbocycles. The van der Waals surface area contributed by atoms with E-state index in [-0.39, 0.29) is 29.2 Å². The Balaban J connectivity index is 1.15. The van der Waals surface area contributed by atoms with E-state index >= 15 is 0 Å². The molecule has 0 aromatic rings. The van der Waals surface area contributed by atoms with Gasteiger partial charge in [-0.15, -0.1) is 0 Å². The first-order valence-corrected chi connectivity index (χ1v) is 17.1. The van der Waals surface area contributed by atoms with E-state index in [0.29, 0.717) is 23.7 Å². The first-order chi connectivity index (χ1) is 19.7. The third kappa shape index (κ3) is 6.90. The number of nitrogens with one attached hydrogen (secondary N) is 1. The molecule has 0 radical (unpaired) electrons. The van der Waals surface area contributed by atoms with Crippen molar-refractivity contribution in [2.75, 3.05) is 59.0 Å². The van der Waals surface area contributed by atoms with Gasteiger partial charge in [0.25, 0.3) is 0 Å². The lowest BCUT2D eigenvalue weighted by Crippen LogP contribution is -2.64. The minimum absolute atomic E-state index is 0.0862. The monoisotopic (exact) mass is 574 g/mol. The Bertz CT molecular complexity index is 866. The molecule has 234 valence electrons. The van der Waals surface area contributed by atoms with Crippen LogP contribution in [0.5, 0.6) is 0 Å². The van der Waals surface area contributed by atoms with Crippen LogP contribution in [0.4, 0.5) is 4.79 Å². The molecule has 5 saturated heterocycles. The summed E-state index contributed by atoms with van der Waals surface area (Å²) in [5, 5.41) is 3.52. The van der Waals surface area contributed by atoms with Gasteiger partial charge in [0.05, 0.1) is 5.92 Å². The molecule has 0 bridgehead atoms. The number of carbonyl (C=O) groups excluding carboxylic acids is 2. The Hall–Kier alpha value is -1.38. The quantitative estimate of drug-likeness (QED) is 0.444. The van der Waals surface area contributed by atoms with Crippen LogP contribution in [0.1, 0.15) is 98.3 Å². The highest BCUT2D eigenvalue weighted by Crippen LogP contribution is 2.43.